The minimum atomic E-state index is 0.534. The average Bonchev–Trinajstić information content (AvgIpc) is 2.77. The van der Waals surface area contributed by atoms with Gasteiger partial charge >= 0.3 is 0 Å². The van der Waals surface area contributed by atoms with Crippen LogP contribution in [-0.2, 0) is 0 Å². The molecule has 0 N–H and O–H groups in total. The molecule has 1 unspecified atom stereocenters. The van der Waals surface area contributed by atoms with E-state index in [-0.39, 0.29) is 0 Å². The van der Waals surface area contributed by atoms with Gasteiger partial charge in [-0.05, 0) is 42.2 Å². The van der Waals surface area contributed by atoms with Crippen LogP contribution < -0.4 is 0 Å². The third-order valence-electron chi connectivity index (χ3n) is 4.14. The topological polar surface area (TPSA) is 13.1 Å². The molecule has 3 aromatic rings. The highest BCUT2D eigenvalue weighted by Gasteiger charge is 2.23. The van der Waals surface area contributed by atoms with Gasteiger partial charge < -0.3 is 4.42 Å². The van der Waals surface area contributed by atoms with Crippen LogP contribution >= 0.6 is 0 Å². The van der Waals surface area contributed by atoms with Gasteiger partial charge in [0.2, 0.25) is 0 Å². The molecular weight excluding hydrogens is 232 g/mol. The van der Waals surface area contributed by atoms with Gasteiger partial charge in [-0.2, -0.15) is 0 Å². The minimum Gasteiger partial charge on any atom is -0.456 e. The Morgan fingerprint density at radius 2 is 1.95 bits per heavy atom. The first kappa shape index (κ1) is 10.9. The number of hydrogen-bond acceptors (Lipinski definition) is 1. The largest absolute Gasteiger partial charge is 0.456 e. The van der Waals surface area contributed by atoms with Crippen molar-refractivity contribution < 1.29 is 4.42 Å². The Morgan fingerprint density at radius 3 is 2.84 bits per heavy atom. The van der Waals surface area contributed by atoms with Crippen molar-refractivity contribution in [2.24, 2.45) is 0 Å². The number of furan rings is 1. The van der Waals surface area contributed by atoms with Crippen LogP contribution in [0.15, 0.2) is 46.4 Å². The predicted molar refractivity (Wildman–Crippen MR) is 80.4 cm³/mol. The minimum absolute atomic E-state index is 0.534. The predicted octanol–water partition coefficient (Wildman–Crippen LogP) is 5.50. The third kappa shape index (κ3) is 1.48. The first-order valence-corrected chi connectivity index (χ1v) is 6.85. The van der Waals surface area contributed by atoms with Crippen molar-refractivity contribution in [1.29, 1.82) is 0 Å². The van der Waals surface area contributed by atoms with E-state index in [2.05, 4.69) is 56.3 Å². The van der Waals surface area contributed by atoms with Crippen LogP contribution in [0.5, 0.6) is 0 Å². The van der Waals surface area contributed by atoms with Gasteiger partial charge in [0.25, 0.3) is 0 Å². The van der Waals surface area contributed by atoms with E-state index in [1.165, 1.54) is 27.3 Å². The van der Waals surface area contributed by atoms with E-state index >= 15 is 0 Å². The molecule has 2 aromatic carbocycles. The lowest BCUT2D eigenvalue weighted by molar-refractivity contribution is 0.582. The summed E-state index contributed by atoms with van der Waals surface area (Å²) in [5, 5.41) is 3.91. The van der Waals surface area contributed by atoms with Crippen LogP contribution in [0.25, 0.3) is 27.8 Å². The molecule has 1 atom stereocenters. The Labute approximate surface area is 112 Å². The van der Waals surface area contributed by atoms with Crippen molar-refractivity contribution in [3.8, 4) is 0 Å². The van der Waals surface area contributed by atoms with Gasteiger partial charge in [-0.25, -0.2) is 0 Å². The molecule has 0 saturated carbocycles. The molecule has 0 fully saturated rings. The monoisotopic (exact) mass is 248 g/mol. The number of rotatable bonds is 0. The summed E-state index contributed by atoms with van der Waals surface area (Å²) < 4.78 is 6.06. The smallest absolute Gasteiger partial charge is 0.135 e. The molecule has 19 heavy (non-hydrogen) atoms. The molecule has 0 radical (unpaired) electrons. The van der Waals surface area contributed by atoms with Gasteiger partial charge in [-0.3, -0.25) is 0 Å². The number of benzene rings is 2. The molecular formula is C18H16O. The van der Waals surface area contributed by atoms with Gasteiger partial charge in [0, 0.05) is 10.9 Å². The van der Waals surface area contributed by atoms with Crippen LogP contribution in [0.3, 0.4) is 0 Å². The molecule has 1 nitrogen and oxygen atoms in total. The zero-order valence-electron chi connectivity index (χ0n) is 11.2. The normalized spacial score (nSPS) is 18.6. The van der Waals surface area contributed by atoms with E-state index in [1.807, 2.05) is 0 Å². The Kier molecular flexibility index (Phi) is 2.14. The van der Waals surface area contributed by atoms with Crippen LogP contribution in [0.4, 0.5) is 0 Å². The van der Waals surface area contributed by atoms with E-state index in [4.69, 9.17) is 4.42 Å². The Bertz CT molecular complexity index is 820. The zero-order chi connectivity index (χ0) is 13.0. The fourth-order valence-electron chi connectivity index (χ4n) is 3.38. The van der Waals surface area contributed by atoms with Crippen LogP contribution in [0.2, 0.25) is 0 Å². The molecule has 1 heteroatoms. The lowest BCUT2D eigenvalue weighted by Crippen LogP contribution is -2.00. The molecule has 4 rings (SSSR count). The molecule has 0 spiro atoms. The van der Waals surface area contributed by atoms with Crippen LogP contribution in [0, 0.1) is 0 Å². The molecule has 0 amide bonds. The summed E-state index contributed by atoms with van der Waals surface area (Å²) >= 11 is 0. The number of fused-ring (bicyclic) bond motifs is 5. The Balaban J connectivity index is 2.20. The fraction of sp³-hybridized carbons (Fsp3) is 0.222. The van der Waals surface area contributed by atoms with E-state index in [0.717, 1.165) is 17.8 Å². The van der Waals surface area contributed by atoms with Crippen LogP contribution in [0.1, 0.15) is 37.5 Å². The lowest BCUT2D eigenvalue weighted by atomic mass is 9.86. The third-order valence-corrected chi connectivity index (χ3v) is 4.14. The average molecular weight is 248 g/mol. The first-order chi connectivity index (χ1) is 9.24. The second kappa shape index (κ2) is 3.74. The molecule has 0 saturated heterocycles. The van der Waals surface area contributed by atoms with Crippen LogP contribution in [-0.4, -0.2) is 0 Å². The Hall–Kier alpha value is -2.02. The SMILES string of the molecule is CC1=Cc2oc3ccc4ccccc4c3c2C(C)C1. The van der Waals surface area contributed by atoms with Gasteiger partial charge in [0.05, 0.1) is 0 Å². The van der Waals surface area contributed by atoms with E-state index in [0.29, 0.717) is 5.92 Å². The number of hydrogen-bond donors (Lipinski definition) is 0. The zero-order valence-corrected chi connectivity index (χ0v) is 11.2. The summed E-state index contributed by atoms with van der Waals surface area (Å²) in [6.07, 6.45) is 3.33. The molecule has 94 valence electrons. The van der Waals surface area contributed by atoms with E-state index < -0.39 is 0 Å². The summed E-state index contributed by atoms with van der Waals surface area (Å²) in [4.78, 5) is 0. The summed E-state index contributed by atoms with van der Waals surface area (Å²) in [6, 6.07) is 12.8. The molecule has 0 aliphatic heterocycles. The quantitative estimate of drug-likeness (QED) is 0.512. The highest BCUT2D eigenvalue weighted by atomic mass is 16.3. The van der Waals surface area contributed by atoms with E-state index in [1.54, 1.807) is 0 Å². The van der Waals surface area contributed by atoms with Gasteiger partial charge in [-0.1, -0.05) is 42.8 Å². The van der Waals surface area contributed by atoms with Crippen molar-refractivity contribution in [3.63, 3.8) is 0 Å². The maximum absolute atomic E-state index is 6.06. The van der Waals surface area contributed by atoms with Crippen molar-refractivity contribution in [3.05, 3.63) is 53.3 Å². The maximum atomic E-state index is 6.06. The highest BCUT2D eigenvalue weighted by molar-refractivity contribution is 6.08. The molecule has 1 aromatic heterocycles. The highest BCUT2D eigenvalue weighted by Crippen LogP contribution is 2.42. The standard InChI is InChI=1S/C18H16O/c1-11-9-12(2)17-16(10-11)19-15-8-7-13-5-3-4-6-14(13)18(15)17/h3-8,10,12H,9H2,1-2H3. The Morgan fingerprint density at radius 1 is 1.11 bits per heavy atom. The fourth-order valence-corrected chi connectivity index (χ4v) is 3.38. The second-order valence-corrected chi connectivity index (χ2v) is 5.64. The lowest BCUT2D eigenvalue weighted by Gasteiger charge is -2.17. The van der Waals surface area contributed by atoms with Crippen molar-refractivity contribution in [2.75, 3.05) is 0 Å². The van der Waals surface area contributed by atoms with Gasteiger partial charge in [0.15, 0.2) is 0 Å². The summed E-state index contributed by atoms with van der Waals surface area (Å²) in [5.74, 6) is 1.59. The summed E-state index contributed by atoms with van der Waals surface area (Å²) in [5.41, 5.74) is 3.81. The van der Waals surface area contributed by atoms with Crippen molar-refractivity contribution >= 4 is 27.8 Å². The van der Waals surface area contributed by atoms with Gasteiger partial charge in [-0.15, -0.1) is 0 Å². The summed E-state index contributed by atoms with van der Waals surface area (Å²) in [7, 11) is 0. The maximum Gasteiger partial charge on any atom is 0.135 e. The van der Waals surface area contributed by atoms with Gasteiger partial charge in [0.1, 0.15) is 11.3 Å². The molecule has 1 aliphatic carbocycles. The number of allylic oxidation sites excluding steroid dienone is 1. The van der Waals surface area contributed by atoms with Crippen molar-refractivity contribution in [1.82, 2.24) is 0 Å². The van der Waals surface area contributed by atoms with E-state index in [9.17, 15) is 0 Å². The first-order valence-electron chi connectivity index (χ1n) is 6.85. The second-order valence-electron chi connectivity index (χ2n) is 5.64. The molecule has 0 bridgehead atoms. The van der Waals surface area contributed by atoms with Crippen molar-refractivity contribution in [2.45, 2.75) is 26.2 Å². The molecule has 1 heterocycles. The summed E-state index contributed by atoms with van der Waals surface area (Å²) in [6.45, 7) is 4.48. The molecule has 1 aliphatic rings.